The highest BCUT2D eigenvalue weighted by atomic mass is 35.5. The predicted molar refractivity (Wildman–Crippen MR) is 77.8 cm³/mol. The van der Waals surface area contributed by atoms with Gasteiger partial charge in [-0.25, -0.2) is 0 Å². The van der Waals surface area contributed by atoms with Gasteiger partial charge in [0.05, 0.1) is 9.95 Å². The van der Waals surface area contributed by atoms with Crippen molar-refractivity contribution in [2.45, 2.75) is 32.7 Å². The van der Waals surface area contributed by atoms with E-state index in [1.807, 2.05) is 13.8 Å². The van der Waals surface area contributed by atoms with E-state index in [0.29, 0.717) is 0 Å². The maximum atomic E-state index is 12.1. The van der Waals surface area contributed by atoms with Crippen LogP contribution in [0.3, 0.4) is 0 Å². The third-order valence-electron chi connectivity index (χ3n) is 2.99. The molecule has 8 heteroatoms. The first-order chi connectivity index (χ1) is 9.44. The molecule has 0 aliphatic rings. The quantitative estimate of drug-likeness (QED) is 0.424. The lowest BCUT2D eigenvalue weighted by Crippen LogP contribution is -2.33. The standard InChI is InChI=1S/C12H17ClN4O3/c1-3-8(4-2)15-12(18)7-5-9(13)11(16-14)10(6-7)17(19)20/h5-6,8,16H,3-4,14H2,1-2H3,(H,15,18). The van der Waals surface area contributed by atoms with Gasteiger partial charge in [-0.1, -0.05) is 25.4 Å². The lowest BCUT2D eigenvalue weighted by molar-refractivity contribution is -0.384. The Morgan fingerprint density at radius 3 is 2.50 bits per heavy atom. The van der Waals surface area contributed by atoms with Gasteiger partial charge < -0.3 is 10.7 Å². The van der Waals surface area contributed by atoms with Crippen LogP contribution in [0, 0.1) is 10.1 Å². The number of rotatable bonds is 6. The van der Waals surface area contributed by atoms with Crippen LogP contribution in [0.5, 0.6) is 0 Å². The van der Waals surface area contributed by atoms with Gasteiger partial charge in [0.15, 0.2) is 0 Å². The van der Waals surface area contributed by atoms with Gasteiger partial charge in [0.1, 0.15) is 5.69 Å². The van der Waals surface area contributed by atoms with Crippen LogP contribution in [0.4, 0.5) is 11.4 Å². The smallest absolute Gasteiger partial charge is 0.295 e. The summed E-state index contributed by atoms with van der Waals surface area (Å²) < 4.78 is 0. The molecule has 0 heterocycles. The molecule has 0 aliphatic carbocycles. The molecule has 4 N–H and O–H groups in total. The van der Waals surface area contributed by atoms with Crippen LogP contribution in [0.15, 0.2) is 12.1 Å². The van der Waals surface area contributed by atoms with Gasteiger partial charge in [0.2, 0.25) is 0 Å². The number of amides is 1. The molecule has 0 aliphatic heterocycles. The monoisotopic (exact) mass is 300 g/mol. The van der Waals surface area contributed by atoms with Crippen LogP contribution < -0.4 is 16.6 Å². The number of carbonyl (C=O) groups is 1. The molecule has 0 saturated heterocycles. The number of hydrogen-bond acceptors (Lipinski definition) is 5. The summed E-state index contributed by atoms with van der Waals surface area (Å²) in [5, 5.41) is 13.8. The highest BCUT2D eigenvalue weighted by Gasteiger charge is 2.21. The Kier molecular flexibility index (Phi) is 5.72. The van der Waals surface area contributed by atoms with Crippen molar-refractivity contribution < 1.29 is 9.72 Å². The van der Waals surface area contributed by atoms with Gasteiger partial charge in [-0.05, 0) is 18.9 Å². The molecule has 0 spiro atoms. The SMILES string of the molecule is CCC(CC)NC(=O)c1cc(Cl)c(NN)c([N+](=O)[O-])c1. The van der Waals surface area contributed by atoms with Gasteiger partial charge in [-0.15, -0.1) is 0 Å². The van der Waals surface area contributed by atoms with Crippen molar-refractivity contribution in [3.8, 4) is 0 Å². The first-order valence-electron chi connectivity index (χ1n) is 6.19. The molecule has 1 aromatic rings. The van der Waals surface area contributed by atoms with Crippen LogP contribution in [-0.4, -0.2) is 16.9 Å². The van der Waals surface area contributed by atoms with Crippen molar-refractivity contribution in [1.82, 2.24) is 5.32 Å². The number of nitro benzene ring substituents is 1. The summed E-state index contributed by atoms with van der Waals surface area (Å²) >= 11 is 5.90. The molecule has 0 saturated carbocycles. The van der Waals surface area contributed by atoms with Crippen molar-refractivity contribution in [2.24, 2.45) is 5.84 Å². The number of nitrogens with zero attached hydrogens (tertiary/aromatic N) is 1. The third-order valence-corrected chi connectivity index (χ3v) is 3.29. The average Bonchev–Trinajstić information content (AvgIpc) is 2.43. The van der Waals surface area contributed by atoms with E-state index in [1.165, 1.54) is 6.07 Å². The highest BCUT2D eigenvalue weighted by molar-refractivity contribution is 6.34. The van der Waals surface area contributed by atoms with E-state index < -0.39 is 10.8 Å². The largest absolute Gasteiger partial charge is 0.349 e. The number of nitro groups is 1. The maximum absolute atomic E-state index is 12.1. The van der Waals surface area contributed by atoms with Gasteiger partial charge in [0.25, 0.3) is 11.6 Å². The molecule has 0 atom stereocenters. The van der Waals surface area contributed by atoms with Crippen LogP contribution in [-0.2, 0) is 0 Å². The Bertz CT molecular complexity index is 518. The predicted octanol–water partition coefficient (Wildman–Crippen LogP) is 2.45. The summed E-state index contributed by atoms with van der Waals surface area (Å²) in [5.74, 6) is 4.80. The molecule has 0 aromatic heterocycles. The summed E-state index contributed by atoms with van der Waals surface area (Å²) in [6.45, 7) is 3.90. The number of nitrogen functional groups attached to an aromatic ring is 1. The average molecular weight is 301 g/mol. The number of anilines is 1. The lowest BCUT2D eigenvalue weighted by atomic mass is 10.1. The van der Waals surface area contributed by atoms with Gasteiger partial charge >= 0.3 is 0 Å². The molecule has 20 heavy (non-hydrogen) atoms. The minimum atomic E-state index is -0.644. The first-order valence-corrected chi connectivity index (χ1v) is 6.57. The number of hydrazine groups is 1. The second-order valence-corrected chi connectivity index (χ2v) is 4.65. The van der Waals surface area contributed by atoms with Crippen molar-refractivity contribution in [3.63, 3.8) is 0 Å². The summed E-state index contributed by atoms with van der Waals surface area (Å²) in [6.07, 6.45) is 1.56. The number of carbonyl (C=O) groups excluding carboxylic acids is 1. The van der Waals surface area contributed by atoms with E-state index in [0.717, 1.165) is 18.9 Å². The van der Waals surface area contributed by atoms with Crippen molar-refractivity contribution in [3.05, 3.63) is 32.8 Å². The molecule has 0 fully saturated rings. The number of hydrogen-bond donors (Lipinski definition) is 3. The van der Waals surface area contributed by atoms with E-state index in [4.69, 9.17) is 17.4 Å². The molecule has 1 amide bonds. The fraction of sp³-hybridized carbons (Fsp3) is 0.417. The van der Waals surface area contributed by atoms with E-state index in [9.17, 15) is 14.9 Å². The van der Waals surface area contributed by atoms with E-state index in [2.05, 4.69) is 10.7 Å². The van der Waals surface area contributed by atoms with Crippen molar-refractivity contribution >= 4 is 28.9 Å². The zero-order valence-electron chi connectivity index (χ0n) is 11.3. The van der Waals surface area contributed by atoms with E-state index >= 15 is 0 Å². The number of benzene rings is 1. The van der Waals surface area contributed by atoms with Crippen LogP contribution >= 0.6 is 11.6 Å². The zero-order valence-corrected chi connectivity index (χ0v) is 12.0. The Hall–Kier alpha value is -1.86. The van der Waals surface area contributed by atoms with E-state index in [-0.39, 0.29) is 28.0 Å². The normalized spacial score (nSPS) is 10.4. The van der Waals surface area contributed by atoms with Crippen LogP contribution in [0.25, 0.3) is 0 Å². The Labute approximate surface area is 121 Å². The first kappa shape index (κ1) is 16.2. The van der Waals surface area contributed by atoms with Crippen LogP contribution in [0.1, 0.15) is 37.0 Å². The molecular formula is C12H17ClN4O3. The summed E-state index contributed by atoms with van der Waals surface area (Å²) in [5.41, 5.74) is 1.95. The zero-order chi connectivity index (χ0) is 15.3. The Morgan fingerprint density at radius 1 is 1.45 bits per heavy atom. The lowest BCUT2D eigenvalue weighted by Gasteiger charge is -2.15. The van der Waals surface area contributed by atoms with Gasteiger partial charge in [0, 0.05) is 17.7 Å². The van der Waals surface area contributed by atoms with Gasteiger partial charge in [-0.3, -0.25) is 20.8 Å². The van der Waals surface area contributed by atoms with Crippen molar-refractivity contribution in [2.75, 3.05) is 5.43 Å². The molecule has 110 valence electrons. The fourth-order valence-corrected chi connectivity index (χ4v) is 2.04. The summed E-state index contributed by atoms with van der Waals surface area (Å²) in [7, 11) is 0. The Balaban J connectivity index is 3.14. The molecule has 7 nitrogen and oxygen atoms in total. The van der Waals surface area contributed by atoms with Crippen molar-refractivity contribution in [1.29, 1.82) is 0 Å². The number of nitrogens with one attached hydrogen (secondary N) is 2. The topological polar surface area (TPSA) is 110 Å². The maximum Gasteiger partial charge on any atom is 0.295 e. The molecule has 1 aromatic carbocycles. The minimum Gasteiger partial charge on any atom is -0.349 e. The molecule has 0 radical (unpaired) electrons. The molecule has 1 rings (SSSR count). The fourth-order valence-electron chi connectivity index (χ4n) is 1.77. The Morgan fingerprint density at radius 2 is 2.05 bits per heavy atom. The van der Waals surface area contributed by atoms with E-state index in [1.54, 1.807) is 0 Å². The molecule has 0 unspecified atom stereocenters. The summed E-state index contributed by atoms with van der Waals surface area (Å²) in [6, 6.07) is 2.52. The summed E-state index contributed by atoms with van der Waals surface area (Å²) in [4.78, 5) is 22.4. The second kappa shape index (κ2) is 7.06. The molecular weight excluding hydrogens is 284 g/mol. The third kappa shape index (κ3) is 3.58. The second-order valence-electron chi connectivity index (χ2n) is 4.24. The van der Waals surface area contributed by atoms with Crippen LogP contribution in [0.2, 0.25) is 5.02 Å². The highest BCUT2D eigenvalue weighted by Crippen LogP contribution is 2.33. The molecule has 0 bridgehead atoms. The number of halogens is 1. The number of nitrogens with two attached hydrogens (primary N) is 1. The van der Waals surface area contributed by atoms with Gasteiger partial charge in [-0.2, -0.15) is 0 Å². The minimum absolute atomic E-state index is 0.0178.